The molecule has 0 fully saturated rings. The van der Waals surface area contributed by atoms with E-state index in [1.165, 1.54) is 18.2 Å². The summed E-state index contributed by atoms with van der Waals surface area (Å²) in [6.07, 6.45) is 1.64. The molecule has 2 heterocycles. The highest BCUT2D eigenvalue weighted by molar-refractivity contribution is 5.92. The predicted molar refractivity (Wildman–Crippen MR) is 87.1 cm³/mol. The quantitative estimate of drug-likeness (QED) is 0.746. The van der Waals surface area contributed by atoms with Gasteiger partial charge < -0.3 is 10.6 Å². The molecule has 8 heteroatoms. The van der Waals surface area contributed by atoms with E-state index in [9.17, 15) is 13.6 Å². The van der Waals surface area contributed by atoms with Crippen molar-refractivity contribution in [2.24, 2.45) is 0 Å². The lowest BCUT2D eigenvalue weighted by atomic mass is 10.3. The van der Waals surface area contributed by atoms with Crippen LogP contribution in [0.1, 0.15) is 16.2 Å². The average molecular weight is 341 g/mol. The van der Waals surface area contributed by atoms with E-state index >= 15 is 0 Å². The lowest BCUT2D eigenvalue weighted by Crippen LogP contribution is -2.24. The second-order valence-corrected chi connectivity index (χ2v) is 5.06. The van der Waals surface area contributed by atoms with Crippen molar-refractivity contribution in [1.29, 1.82) is 0 Å². The van der Waals surface area contributed by atoms with E-state index in [-0.39, 0.29) is 23.7 Å². The fourth-order valence-corrected chi connectivity index (χ4v) is 2.01. The minimum Gasteiger partial charge on any atom is -0.345 e. The van der Waals surface area contributed by atoms with E-state index in [2.05, 4.69) is 25.8 Å². The van der Waals surface area contributed by atoms with Crippen LogP contribution in [0.4, 0.5) is 20.3 Å². The summed E-state index contributed by atoms with van der Waals surface area (Å²) in [5.74, 6) is -1.60. The number of benzene rings is 1. The van der Waals surface area contributed by atoms with Gasteiger partial charge in [-0.1, -0.05) is 6.07 Å². The molecule has 0 aliphatic rings. The first-order chi connectivity index (χ1) is 12.1. The van der Waals surface area contributed by atoms with Crippen LogP contribution in [-0.2, 0) is 6.54 Å². The number of anilines is 2. The van der Waals surface area contributed by atoms with Crippen molar-refractivity contribution in [2.45, 2.75) is 6.54 Å². The van der Waals surface area contributed by atoms with Gasteiger partial charge in [0.05, 0.1) is 17.9 Å². The Kier molecular flexibility index (Phi) is 4.89. The molecule has 0 saturated heterocycles. The first-order valence-corrected chi connectivity index (χ1v) is 7.36. The Balaban J connectivity index is 1.62. The zero-order valence-electron chi connectivity index (χ0n) is 12.9. The van der Waals surface area contributed by atoms with Crippen LogP contribution in [0.25, 0.3) is 0 Å². The predicted octanol–water partition coefficient (Wildman–Crippen LogP) is 2.82. The second-order valence-electron chi connectivity index (χ2n) is 5.06. The Labute approximate surface area is 141 Å². The number of rotatable bonds is 5. The van der Waals surface area contributed by atoms with E-state index in [0.717, 1.165) is 12.1 Å². The van der Waals surface area contributed by atoms with Crippen LogP contribution in [0.3, 0.4) is 0 Å². The third kappa shape index (κ3) is 4.31. The standard InChI is InChI=1S/C17H13F2N5O/c18-11-4-5-14(13(19)9-11)22-16-7-6-15(23-24-16)17(25)21-10-12-3-1-2-8-20-12/h1-9H,10H2,(H,21,25)(H,22,24). The van der Waals surface area contributed by atoms with Crippen LogP contribution in [0.2, 0.25) is 0 Å². The summed E-state index contributed by atoms with van der Waals surface area (Å²) in [5, 5.41) is 12.9. The largest absolute Gasteiger partial charge is 0.345 e. The fraction of sp³-hybridized carbons (Fsp3) is 0.0588. The van der Waals surface area contributed by atoms with Crippen molar-refractivity contribution in [1.82, 2.24) is 20.5 Å². The molecular formula is C17H13F2N5O. The maximum absolute atomic E-state index is 13.6. The van der Waals surface area contributed by atoms with Crippen molar-refractivity contribution < 1.29 is 13.6 Å². The molecule has 0 bridgehead atoms. The second kappa shape index (κ2) is 7.43. The molecule has 2 N–H and O–H groups in total. The van der Waals surface area contributed by atoms with E-state index in [4.69, 9.17) is 0 Å². The monoisotopic (exact) mass is 341 g/mol. The third-order valence-corrected chi connectivity index (χ3v) is 3.25. The molecule has 126 valence electrons. The van der Waals surface area contributed by atoms with Crippen LogP contribution in [0, 0.1) is 11.6 Å². The Bertz CT molecular complexity index is 872. The maximum Gasteiger partial charge on any atom is 0.272 e. The first kappa shape index (κ1) is 16.4. The molecule has 3 rings (SSSR count). The number of nitrogens with one attached hydrogen (secondary N) is 2. The highest BCUT2D eigenvalue weighted by atomic mass is 19.1. The molecule has 0 spiro atoms. The van der Waals surface area contributed by atoms with Crippen molar-refractivity contribution >= 4 is 17.4 Å². The van der Waals surface area contributed by atoms with E-state index in [1.807, 2.05) is 6.07 Å². The van der Waals surface area contributed by atoms with Crippen molar-refractivity contribution in [3.05, 3.63) is 77.8 Å². The topological polar surface area (TPSA) is 79.8 Å². The van der Waals surface area contributed by atoms with E-state index < -0.39 is 17.5 Å². The van der Waals surface area contributed by atoms with Gasteiger partial charge in [-0.05, 0) is 36.4 Å². The van der Waals surface area contributed by atoms with Crippen LogP contribution >= 0.6 is 0 Å². The third-order valence-electron chi connectivity index (χ3n) is 3.25. The van der Waals surface area contributed by atoms with Crippen LogP contribution < -0.4 is 10.6 Å². The Morgan fingerprint density at radius 2 is 1.92 bits per heavy atom. The van der Waals surface area contributed by atoms with Crippen LogP contribution in [0.5, 0.6) is 0 Å². The van der Waals surface area contributed by atoms with Crippen molar-refractivity contribution in [3.63, 3.8) is 0 Å². The Hall–Kier alpha value is -3.42. The number of hydrogen-bond donors (Lipinski definition) is 2. The first-order valence-electron chi connectivity index (χ1n) is 7.36. The lowest BCUT2D eigenvalue weighted by Gasteiger charge is -2.07. The molecule has 1 aromatic carbocycles. The Morgan fingerprint density at radius 1 is 1.04 bits per heavy atom. The minimum absolute atomic E-state index is 0.0584. The van der Waals surface area contributed by atoms with Gasteiger partial charge in [0, 0.05) is 12.3 Å². The van der Waals surface area contributed by atoms with Crippen LogP contribution in [-0.4, -0.2) is 21.1 Å². The number of aromatic nitrogens is 3. The summed E-state index contributed by atoms with van der Waals surface area (Å²) in [6.45, 7) is 0.266. The number of nitrogens with zero attached hydrogens (tertiary/aromatic N) is 3. The summed E-state index contributed by atoms with van der Waals surface area (Å²) < 4.78 is 26.5. The number of pyridine rings is 1. The van der Waals surface area contributed by atoms with Gasteiger partial charge in [-0.15, -0.1) is 10.2 Å². The molecular weight excluding hydrogens is 328 g/mol. The molecule has 6 nitrogen and oxygen atoms in total. The van der Waals surface area contributed by atoms with Crippen LogP contribution in [0.15, 0.2) is 54.7 Å². The fourth-order valence-electron chi connectivity index (χ4n) is 2.01. The van der Waals surface area contributed by atoms with Gasteiger partial charge >= 0.3 is 0 Å². The summed E-state index contributed by atoms with van der Waals surface area (Å²) >= 11 is 0. The highest BCUT2D eigenvalue weighted by Crippen LogP contribution is 2.18. The average Bonchev–Trinajstić information content (AvgIpc) is 2.63. The van der Waals surface area contributed by atoms with Gasteiger partial charge in [0.25, 0.3) is 5.91 Å². The molecule has 0 saturated carbocycles. The van der Waals surface area contributed by atoms with Crippen molar-refractivity contribution in [3.8, 4) is 0 Å². The zero-order valence-corrected chi connectivity index (χ0v) is 12.9. The molecule has 25 heavy (non-hydrogen) atoms. The lowest BCUT2D eigenvalue weighted by molar-refractivity contribution is 0.0944. The molecule has 0 aliphatic carbocycles. The molecule has 3 aromatic rings. The highest BCUT2D eigenvalue weighted by Gasteiger charge is 2.09. The molecule has 2 aromatic heterocycles. The maximum atomic E-state index is 13.6. The van der Waals surface area contributed by atoms with Gasteiger partial charge in [-0.3, -0.25) is 9.78 Å². The van der Waals surface area contributed by atoms with E-state index in [0.29, 0.717) is 5.69 Å². The smallest absolute Gasteiger partial charge is 0.272 e. The molecule has 0 aliphatic heterocycles. The minimum atomic E-state index is -0.751. The summed E-state index contributed by atoms with van der Waals surface area (Å²) in [7, 11) is 0. The molecule has 0 radical (unpaired) electrons. The number of halogens is 2. The number of amides is 1. The molecule has 0 unspecified atom stereocenters. The number of hydrogen-bond acceptors (Lipinski definition) is 5. The van der Waals surface area contributed by atoms with Gasteiger partial charge in [0.2, 0.25) is 0 Å². The summed E-state index contributed by atoms with van der Waals surface area (Å²) in [4.78, 5) is 16.1. The van der Waals surface area contributed by atoms with Gasteiger partial charge in [0.1, 0.15) is 11.6 Å². The Morgan fingerprint density at radius 3 is 2.60 bits per heavy atom. The molecule has 0 atom stereocenters. The van der Waals surface area contributed by atoms with Gasteiger partial charge in [0.15, 0.2) is 11.5 Å². The number of carbonyl (C=O) groups is 1. The normalized spacial score (nSPS) is 10.3. The number of carbonyl (C=O) groups excluding carboxylic acids is 1. The summed E-state index contributed by atoms with van der Waals surface area (Å²) in [6, 6.07) is 11.5. The SMILES string of the molecule is O=C(NCc1ccccn1)c1ccc(Nc2ccc(F)cc2F)nn1. The zero-order chi connectivity index (χ0) is 17.6. The van der Waals surface area contributed by atoms with Gasteiger partial charge in [-0.25, -0.2) is 8.78 Å². The van der Waals surface area contributed by atoms with E-state index in [1.54, 1.807) is 18.3 Å². The van der Waals surface area contributed by atoms with Gasteiger partial charge in [-0.2, -0.15) is 0 Å². The van der Waals surface area contributed by atoms with Crippen molar-refractivity contribution in [2.75, 3.05) is 5.32 Å². The summed E-state index contributed by atoms with van der Waals surface area (Å²) in [5.41, 5.74) is 0.887. The molecule has 1 amide bonds.